The first-order chi connectivity index (χ1) is 13.3. The number of hydrogen-bond acceptors (Lipinski definition) is 7. The van der Waals surface area contributed by atoms with Gasteiger partial charge in [-0.2, -0.15) is 9.46 Å². The number of aryl methyl sites for hydroxylation is 1. The van der Waals surface area contributed by atoms with Crippen LogP contribution in [0.15, 0.2) is 15.9 Å². The largest absolute Gasteiger partial charge is 0.337 e. The highest BCUT2D eigenvalue weighted by Gasteiger charge is 2.33. The second-order valence-electron chi connectivity index (χ2n) is 7.42. The van der Waals surface area contributed by atoms with Gasteiger partial charge in [-0.05, 0) is 37.2 Å². The molecule has 0 aromatic carbocycles. The molecule has 2 amide bonds. The number of amides is 2. The van der Waals surface area contributed by atoms with Crippen molar-refractivity contribution in [3.63, 3.8) is 0 Å². The highest BCUT2D eigenvalue weighted by atomic mass is 32.2. The van der Waals surface area contributed by atoms with E-state index in [0.29, 0.717) is 43.1 Å². The van der Waals surface area contributed by atoms with E-state index >= 15 is 0 Å². The molecular formula is C17H22N6O3S2. The molecule has 2 aromatic rings. The van der Waals surface area contributed by atoms with Crippen molar-refractivity contribution in [3.05, 3.63) is 28.5 Å². The maximum absolute atomic E-state index is 13.2. The molecule has 2 aliphatic rings. The Morgan fingerprint density at radius 1 is 1.25 bits per heavy atom. The Labute approximate surface area is 167 Å². The molecule has 2 aromatic heterocycles. The van der Waals surface area contributed by atoms with Crippen molar-refractivity contribution in [2.24, 2.45) is 11.4 Å². The third kappa shape index (κ3) is 3.86. The fraction of sp³-hybridized carbons (Fsp3) is 0.588. The van der Waals surface area contributed by atoms with Crippen molar-refractivity contribution in [2.45, 2.75) is 36.9 Å². The van der Waals surface area contributed by atoms with E-state index in [1.54, 1.807) is 34.5 Å². The number of rotatable bonds is 4. The minimum absolute atomic E-state index is 0.160. The van der Waals surface area contributed by atoms with Gasteiger partial charge in [0.05, 0.1) is 21.0 Å². The van der Waals surface area contributed by atoms with Crippen LogP contribution in [0.25, 0.3) is 0 Å². The van der Waals surface area contributed by atoms with Gasteiger partial charge < -0.3 is 4.90 Å². The Morgan fingerprint density at radius 2 is 1.96 bits per heavy atom. The third-order valence-corrected chi connectivity index (χ3v) is 7.98. The summed E-state index contributed by atoms with van der Waals surface area (Å²) in [5, 5.41) is 9.58. The Hall–Kier alpha value is -2.14. The maximum atomic E-state index is 13.2. The number of carbonyl (C=O) groups is 2. The van der Waals surface area contributed by atoms with Crippen LogP contribution in [0.2, 0.25) is 0 Å². The average molecular weight is 423 g/mol. The fourth-order valence-electron chi connectivity index (χ4n) is 3.53. The monoisotopic (exact) mass is 422 g/mol. The van der Waals surface area contributed by atoms with Crippen LogP contribution in [0.5, 0.6) is 0 Å². The Bertz CT molecular complexity index is 1010. The van der Waals surface area contributed by atoms with Gasteiger partial charge in [0.1, 0.15) is 0 Å². The third-order valence-electron chi connectivity index (χ3n) is 5.24. The predicted molar refractivity (Wildman–Crippen MR) is 105 cm³/mol. The second kappa shape index (κ2) is 7.36. The van der Waals surface area contributed by atoms with Crippen molar-refractivity contribution in [1.82, 2.24) is 24.3 Å². The van der Waals surface area contributed by atoms with Gasteiger partial charge in [0.2, 0.25) is 0 Å². The molecule has 1 atom stereocenters. The molecule has 28 heavy (non-hydrogen) atoms. The molecule has 1 aliphatic carbocycles. The molecule has 2 fully saturated rings. The average Bonchev–Trinajstić information content (AvgIpc) is 3.21. The van der Waals surface area contributed by atoms with Crippen LogP contribution in [0.1, 0.15) is 58.1 Å². The van der Waals surface area contributed by atoms with Gasteiger partial charge in [-0.25, -0.2) is 4.21 Å². The van der Waals surface area contributed by atoms with E-state index in [1.807, 2.05) is 0 Å². The molecule has 0 bridgehead atoms. The van der Waals surface area contributed by atoms with Crippen LogP contribution in [-0.2, 0) is 16.8 Å². The van der Waals surface area contributed by atoms with Crippen molar-refractivity contribution in [2.75, 3.05) is 19.3 Å². The van der Waals surface area contributed by atoms with Crippen molar-refractivity contribution in [1.29, 1.82) is 0 Å². The molecule has 11 heteroatoms. The molecule has 0 spiro atoms. The number of hydrogen-bond donors (Lipinski definition) is 0. The molecule has 0 radical (unpaired) electrons. The number of likely N-dealkylation sites (tertiary alicyclic amines) is 1. The van der Waals surface area contributed by atoms with Gasteiger partial charge in [-0.3, -0.25) is 14.3 Å². The molecule has 150 valence electrons. The summed E-state index contributed by atoms with van der Waals surface area (Å²) in [4.78, 5) is 26.8. The summed E-state index contributed by atoms with van der Waals surface area (Å²) in [5.41, 5.74) is 1.57. The highest BCUT2D eigenvalue weighted by Crippen LogP contribution is 2.41. The van der Waals surface area contributed by atoms with Crippen LogP contribution in [0.4, 0.5) is 0 Å². The van der Waals surface area contributed by atoms with Crippen LogP contribution in [0, 0.1) is 0 Å². The van der Waals surface area contributed by atoms with E-state index in [-0.39, 0.29) is 11.2 Å². The summed E-state index contributed by atoms with van der Waals surface area (Å²) < 4.78 is 22.6. The zero-order valence-corrected chi connectivity index (χ0v) is 17.4. The normalized spacial score (nSPS) is 20.0. The van der Waals surface area contributed by atoms with Gasteiger partial charge in [0, 0.05) is 49.1 Å². The van der Waals surface area contributed by atoms with Crippen molar-refractivity contribution >= 4 is 33.1 Å². The van der Waals surface area contributed by atoms with E-state index in [0.717, 1.165) is 30.1 Å². The van der Waals surface area contributed by atoms with E-state index in [2.05, 4.69) is 19.0 Å². The summed E-state index contributed by atoms with van der Waals surface area (Å²) in [7, 11) is -0.948. The lowest BCUT2D eigenvalue weighted by molar-refractivity contribution is 0.0720. The van der Waals surface area contributed by atoms with E-state index in [9.17, 15) is 13.8 Å². The number of aromatic nitrogens is 4. The Morgan fingerprint density at radius 3 is 2.57 bits per heavy atom. The quantitative estimate of drug-likeness (QED) is 0.741. The first kappa shape index (κ1) is 19.2. The van der Waals surface area contributed by atoms with Gasteiger partial charge in [0.25, 0.3) is 11.8 Å². The summed E-state index contributed by atoms with van der Waals surface area (Å²) in [6.07, 6.45) is 6.35. The zero-order valence-electron chi connectivity index (χ0n) is 15.8. The number of piperidine rings is 1. The van der Waals surface area contributed by atoms with Gasteiger partial charge in [-0.1, -0.05) is 4.49 Å². The minimum atomic E-state index is -2.72. The molecule has 1 saturated carbocycles. The van der Waals surface area contributed by atoms with Crippen molar-refractivity contribution < 1.29 is 13.8 Å². The molecule has 3 heterocycles. The van der Waals surface area contributed by atoms with Crippen molar-refractivity contribution in [3.8, 4) is 0 Å². The molecule has 0 N–H and O–H groups in total. The van der Waals surface area contributed by atoms with E-state index < -0.39 is 15.6 Å². The lowest BCUT2D eigenvalue weighted by atomic mass is 10.1. The summed E-state index contributed by atoms with van der Waals surface area (Å²) >= 11 is 1.14. The Balaban J connectivity index is 1.46. The number of carbonyl (C=O) groups excluding carboxylic acids is 2. The van der Waals surface area contributed by atoms with E-state index in [4.69, 9.17) is 0 Å². The first-order valence-corrected chi connectivity index (χ1v) is 12.0. The lowest BCUT2D eigenvalue weighted by Crippen LogP contribution is -2.42. The van der Waals surface area contributed by atoms with Crippen LogP contribution in [0.3, 0.4) is 0 Å². The van der Waals surface area contributed by atoms with Crippen LogP contribution < -0.4 is 0 Å². The molecular weight excluding hydrogens is 400 g/mol. The molecule has 1 saturated heterocycles. The standard InChI is InChI=1S/C17H22N6O3S2/c1-22-9-13(15(19-22)11-3-4-11)16(24)20-28(2,26)12-5-7-23(8-6-12)17(25)14-10-27-21-18-14/h9-12H,3-8H2,1-2H3. The van der Waals surface area contributed by atoms with Gasteiger partial charge in [0.15, 0.2) is 5.69 Å². The molecule has 1 unspecified atom stereocenters. The summed E-state index contributed by atoms with van der Waals surface area (Å²) in [6.45, 7) is 0.936. The molecule has 1 aliphatic heterocycles. The predicted octanol–water partition coefficient (Wildman–Crippen LogP) is 1.69. The van der Waals surface area contributed by atoms with Crippen LogP contribution in [-0.4, -0.2) is 64.9 Å². The maximum Gasteiger partial charge on any atom is 0.288 e. The fourth-order valence-corrected chi connectivity index (χ4v) is 5.63. The summed E-state index contributed by atoms with van der Waals surface area (Å²) in [6, 6.07) is 0. The zero-order chi connectivity index (χ0) is 19.9. The highest BCUT2D eigenvalue weighted by molar-refractivity contribution is 7.93. The smallest absolute Gasteiger partial charge is 0.288 e. The second-order valence-corrected chi connectivity index (χ2v) is 10.6. The number of nitrogens with zero attached hydrogens (tertiary/aromatic N) is 6. The van der Waals surface area contributed by atoms with Gasteiger partial charge >= 0.3 is 0 Å². The summed E-state index contributed by atoms with van der Waals surface area (Å²) in [5.74, 6) is -0.292. The van der Waals surface area contributed by atoms with E-state index in [1.165, 1.54) is 0 Å². The lowest BCUT2D eigenvalue weighted by Gasteiger charge is -2.31. The van der Waals surface area contributed by atoms with Crippen LogP contribution >= 0.6 is 11.5 Å². The first-order valence-electron chi connectivity index (χ1n) is 9.20. The SMILES string of the molecule is Cn1cc(C(=O)N=S(C)(=O)C2CCN(C(=O)c3csnn3)CC2)c(C2CC2)n1. The van der Waals surface area contributed by atoms with Gasteiger partial charge in [-0.15, -0.1) is 5.10 Å². The molecule has 9 nitrogen and oxygen atoms in total. The topological polar surface area (TPSA) is 110 Å². The molecule has 4 rings (SSSR count). The Kier molecular flexibility index (Phi) is 5.04. The minimum Gasteiger partial charge on any atom is -0.337 e.